The molecule has 0 aliphatic heterocycles. The molecule has 7 heteroatoms. The standard InChI is InChI=1S/C16H16N2O5/c1-22-15-8-7-12(11-14(15)18(20)21)16(19)17-9-10-23-13-5-3-2-4-6-13/h2-8,11H,9-10H2,1H3,(H,17,19). The molecule has 0 aliphatic carbocycles. The number of hydrogen-bond acceptors (Lipinski definition) is 5. The van der Waals surface area contributed by atoms with Gasteiger partial charge in [0.15, 0.2) is 5.75 Å². The summed E-state index contributed by atoms with van der Waals surface area (Å²) in [6, 6.07) is 13.3. The molecule has 7 nitrogen and oxygen atoms in total. The van der Waals surface area contributed by atoms with Gasteiger partial charge in [0, 0.05) is 11.6 Å². The number of nitrogens with zero attached hydrogens (tertiary/aromatic N) is 1. The molecule has 0 fully saturated rings. The fourth-order valence-electron chi connectivity index (χ4n) is 1.93. The zero-order chi connectivity index (χ0) is 16.7. The van der Waals surface area contributed by atoms with E-state index in [0.717, 1.165) is 0 Å². The van der Waals surface area contributed by atoms with Crippen LogP contribution in [0.1, 0.15) is 10.4 Å². The first-order valence-corrected chi connectivity index (χ1v) is 6.90. The van der Waals surface area contributed by atoms with Gasteiger partial charge >= 0.3 is 5.69 Å². The Labute approximate surface area is 133 Å². The van der Waals surface area contributed by atoms with Crippen LogP contribution in [-0.2, 0) is 0 Å². The number of rotatable bonds is 7. The Morgan fingerprint density at radius 3 is 2.61 bits per heavy atom. The summed E-state index contributed by atoms with van der Waals surface area (Å²) >= 11 is 0. The summed E-state index contributed by atoms with van der Waals surface area (Å²) in [5.74, 6) is 0.410. The van der Waals surface area contributed by atoms with Crippen LogP contribution in [0.5, 0.6) is 11.5 Å². The molecule has 0 saturated carbocycles. The maximum absolute atomic E-state index is 12.0. The summed E-state index contributed by atoms with van der Waals surface area (Å²) in [5, 5.41) is 13.6. The third-order valence-electron chi connectivity index (χ3n) is 3.04. The maximum Gasteiger partial charge on any atom is 0.311 e. The molecule has 0 unspecified atom stereocenters. The summed E-state index contributed by atoms with van der Waals surface area (Å²) in [6.45, 7) is 0.585. The number of para-hydroxylation sites is 1. The average molecular weight is 316 g/mol. The van der Waals surface area contributed by atoms with Crippen molar-refractivity contribution >= 4 is 11.6 Å². The van der Waals surface area contributed by atoms with Gasteiger partial charge in [0.25, 0.3) is 5.91 Å². The molecule has 0 spiro atoms. The van der Waals surface area contributed by atoms with Crippen LogP contribution in [0.4, 0.5) is 5.69 Å². The normalized spacial score (nSPS) is 9.96. The molecule has 1 N–H and O–H groups in total. The zero-order valence-corrected chi connectivity index (χ0v) is 12.5. The van der Waals surface area contributed by atoms with E-state index in [1.807, 2.05) is 30.3 Å². The van der Waals surface area contributed by atoms with Gasteiger partial charge in [-0.25, -0.2) is 0 Å². The number of carbonyl (C=O) groups is 1. The van der Waals surface area contributed by atoms with Gasteiger partial charge in [0.2, 0.25) is 0 Å². The van der Waals surface area contributed by atoms with Crippen LogP contribution in [-0.4, -0.2) is 31.1 Å². The number of nitro benzene ring substituents is 1. The van der Waals surface area contributed by atoms with E-state index in [1.165, 1.54) is 25.3 Å². The van der Waals surface area contributed by atoms with Crippen LogP contribution in [0.25, 0.3) is 0 Å². The summed E-state index contributed by atoms with van der Waals surface area (Å²) in [4.78, 5) is 22.4. The van der Waals surface area contributed by atoms with Crippen molar-refractivity contribution in [1.82, 2.24) is 5.32 Å². The highest BCUT2D eigenvalue weighted by molar-refractivity contribution is 5.95. The van der Waals surface area contributed by atoms with Crippen LogP contribution < -0.4 is 14.8 Å². The summed E-state index contributed by atoms with van der Waals surface area (Å²) in [6.07, 6.45) is 0. The smallest absolute Gasteiger partial charge is 0.311 e. The van der Waals surface area contributed by atoms with Crippen LogP contribution in [0.2, 0.25) is 0 Å². The van der Waals surface area contributed by atoms with Crippen LogP contribution in [0.3, 0.4) is 0 Å². The SMILES string of the molecule is COc1ccc(C(=O)NCCOc2ccccc2)cc1[N+](=O)[O-]. The second-order valence-electron chi connectivity index (χ2n) is 4.56. The Morgan fingerprint density at radius 2 is 1.96 bits per heavy atom. The summed E-state index contributed by atoms with van der Waals surface area (Å²) < 4.78 is 10.3. The molecule has 2 rings (SSSR count). The van der Waals surface area contributed by atoms with Crippen molar-refractivity contribution < 1.29 is 19.2 Å². The molecular formula is C16H16N2O5. The highest BCUT2D eigenvalue weighted by Gasteiger charge is 2.17. The van der Waals surface area contributed by atoms with Crippen LogP contribution >= 0.6 is 0 Å². The summed E-state index contributed by atoms with van der Waals surface area (Å²) in [5.41, 5.74) is -0.0575. The predicted molar refractivity (Wildman–Crippen MR) is 83.9 cm³/mol. The molecular weight excluding hydrogens is 300 g/mol. The minimum absolute atomic E-state index is 0.110. The topological polar surface area (TPSA) is 90.7 Å². The van der Waals surface area contributed by atoms with Crippen molar-refractivity contribution in [2.24, 2.45) is 0 Å². The molecule has 2 aromatic carbocycles. The van der Waals surface area contributed by atoms with Gasteiger partial charge in [-0.2, -0.15) is 0 Å². The van der Waals surface area contributed by atoms with Gasteiger partial charge in [-0.05, 0) is 24.3 Å². The molecule has 2 aromatic rings. The van der Waals surface area contributed by atoms with E-state index >= 15 is 0 Å². The lowest BCUT2D eigenvalue weighted by Crippen LogP contribution is -2.28. The Morgan fingerprint density at radius 1 is 1.22 bits per heavy atom. The lowest BCUT2D eigenvalue weighted by molar-refractivity contribution is -0.385. The highest BCUT2D eigenvalue weighted by atomic mass is 16.6. The molecule has 0 saturated heterocycles. The largest absolute Gasteiger partial charge is 0.492 e. The monoisotopic (exact) mass is 316 g/mol. The third-order valence-corrected chi connectivity index (χ3v) is 3.04. The maximum atomic E-state index is 12.0. The van der Waals surface area contributed by atoms with Crippen molar-refractivity contribution in [3.05, 3.63) is 64.2 Å². The third kappa shape index (κ3) is 4.44. The van der Waals surface area contributed by atoms with E-state index in [1.54, 1.807) is 0 Å². The minimum Gasteiger partial charge on any atom is -0.492 e. The highest BCUT2D eigenvalue weighted by Crippen LogP contribution is 2.27. The van der Waals surface area contributed by atoms with Crippen molar-refractivity contribution in [2.45, 2.75) is 0 Å². The van der Waals surface area contributed by atoms with Gasteiger partial charge in [-0.1, -0.05) is 18.2 Å². The second kappa shape index (κ2) is 7.79. The van der Waals surface area contributed by atoms with Gasteiger partial charge in [-0.3, -0.25) is 14.9 Å². The lowest BCUT2D eigenvalue weighted by atomic mass is 10.1. The van der Waals surface area contributed by atoms with Gasteiger partial charge in [-0.15, -0.1) is 0 Å². The van der Waals surface area contributed by atoms with E-state index in [4.69, 9.17) is 9.47 Å². The number of nitro groups is 1. The predicted octanol–water partition coefficient (Wildman–Crippen LogP) is 2.41. The van der Waals surface area contributed by atoms with Crippen LogP contribution in [0.15, 0.2) is 48.5 Å². The Hall–Kier alpha value is -3.09. The zero-order valence-electron chi connectivity index (χ0n) is 12.5. The van der Waals surface area contributed by atoms with Crippen molar-refractivity contribution in [1.29, 1.82) is 0 Å². The van der Waals surface area contributed by atoms with E-state index < -0.39 is 10.8 Å². The molecule has 0 aromatic heterocycles. The molecule has 23 heavy (non-hydrogen) atoms. The molecule has 1 amide bonds. The van der Waals surface area contributed by atoms with E-state index in [0.29, 0.717) is 12.4 Å². The van der Waals surface area contributed by atoms with Crippen molar-refractivity contribution in [2.75, 3.05) is 20.3 Å². The number of ether oxygens (including phenoxy) is 2. The quantitative estimate of drug-likeness (QED) is 0.481. The first kappa shape index (κ1) is 16.3. The van der Waals surface area contributed by atoms with Crippen molar-refractivity contribution in [3.8, 4) is 11.5 Å². The van der Waals surface area contributed by atoms with Crippen molar-refractivity contribution in [3.63, 3.8) is 0 Å². The Bertz CT molecular complexity index is 688. The Balaban J connectivity index is 1.90. The van der Waals surface area contributed by atoms with Crippen LogP contribution in [0, 0.1) is 10.1 Å². The number of nitrogens with one attached hydrogen (secondary N) is 1. The second-order valence-corrected chi connectivity index (χ2v) is 4.56. The molecule has 0 atom stereocenters. The molecule has 120 valence electrons. The molecule has 0 aliphatic rings. The average Bonchev–Trinajstić information content (AvgIpc) is 2.58. The lowest BCUT2D eigenvalue weighted by Gasteiger charge is -2.08. The molecule has 0 bridgehead atoms. The van der Waals surface area contributed by atoms with Gasteiger partial charge < -0.3 is 14.8 Å². The molecule has 0 heterocycles. The summed E-state index contributed by atoms with van der Waals surface area (Å²) in [7, 11) is 1.34. The minimum atomic E-state index is -0.589. The number of methoxy groups -OCH3 is 1. The fraction of sp³-hybridized carbons (Fsp3) is 0.188. The number of hydrogen-bond donors (Lipinski definition) is 1. The molecule has 0 radical (unpaired) electrons. The first-order chi connectivity index (χ1) is 11.1. The van der Waals surface area contributed by atoms with E-state index in [-0.39, 0.29) is 23.5 Å². The van der Waals surface area contributed by atoms with Gasteiger partial charge in [0.05, 0.1) is 18.6 Å². The number of amides is 1. The Kier molecular flexibility index (Phi) is 5.51. The number of carbonyl (C=O) groups excluding carboxylic acids is 1. The van der Waals surface area contributed by atoms with E-state index in [9.17, 15) is 14.9 Å². The van der Waals surface area contributed by atoms with E-state index in [2.05, 4.69) is 5.32 Å². The van der Waals surface area contributed by atoms with Gasteiger partial charge in [0.1, 0.15) is 12.4 Å². The number of benzene rings is 2. The fourth-order valence-corrected chi connectivity index (χ4v) is 1.93. The first-order valence-electron chi connectivity index (χ1n) is 6.90.